The normalized spacial score (nSPS) is 13.9. The van der Waals surface area contributed by atoms with Crippen LogP contribution in [0.4, 0.5) is 0 Å². The number of benzene rings is 4. The number of rotatable bonds is 12. The summed E-state index contributed by atoms with van der Waals surface area (Å²) in [6.45, 7) is 0.427. The number of hydrogen-bond donors (Lipinski definition) is 2. The van der Waals surface area contributed by atoms with Gasteiger partial charge in [-0.05, 0) is 71.0 Å². The van der Waals surface area contributed by atoms with E-state index in [1.54, 1.807) is 61.6 Å². The van der Waals surface area contributed by atoms with Crippen molar-refractivity contribution in [1.82, 2.24) is 9.80 Å². The molecule has 2 N–H and O–H groups in total. The molecule has 1 aliphatic heterocycles. The lowest BCUT2D eigenvalue weighted by molar-refractivity contribution is -0.137. The van der Waals surface area contributed by atoms with Gasteiger partial charge >= 0.3 is 5.97 Å². The van der Waals surface area contributed by atoms with Crippen LogP contribution in [0.3, 0.4) is 0 Å². The minimum Gasteiger partial charge on any atom is -0.497 e. The van der Waals surface area contributed by atoms with Crippen LogP contribution in [0.2, 0.25) is 0 Å². The van der Waals surface area contributed by atoms with E-state index in [1.165, 1.54) is 4.90 Å². The number of aliphatic hydroxyl groups excluding tert-OH is 1. The molecule has 2 amide bonds. The number of carbonyl (C=O) groups excluding carboxylic acids is 2. The SMILES string of the molecule is COc1ccc(OC)c(CCN(CCC(=O)O)C(=O)c2ccccc2-c2ccccc2C(=O)N2Cc3ccccc3C[C@H]2CO)c1. The molecular formula is C37H38N2O7. The smallest absolute Gasteiger partial charge is 0.305 e. The highest BCUT2D eigenvalue weighted by Crippen LogP contribution is 2.32. The number of fused-ring (bicyclic) bond motifs is 1. The summed E-state index contributed by atoms with van der Waals surface area (Å²) >= 11 is 0. The first-order chi connectivity index (χ1) is 22.3. The largest absolute Gasteiger partial charge is 0.497 e. The van der Waals surface area contributed by atoms with Crippen LogP contribution in [-0.2, 0) is 24.2 Å². The van der Waals surface area contributed by atoms with Crippen LogP contribution >= 0.6 is 0 Å². The molecule has 1 aliphatic rings. The molecule has 1 heterocycles. The van der Waals surface area contributed by atoms with Crippen LogP contribution in [-0.4, -0.2) is 77.8 Å². The molecule has 0 saturated heterocycles. The van der Waals surface area contributed by atoms with E-state index in [0.29, 0.717) is 53.1 Å². The van der Waals surface area contributed by atoms with E-state index in [0.717, 1.165) is 16.7 Å². The Morgan fingerprint density at radius 1 is 0.826 bits per heavy atom. The Kier molecular flexibility index (Phi) is 10.3. The number of aliphatic carboxylic acids is 1. The van der Waals surface area contributed by atoms with Crippen molar-refractivity contribution in [2.45, 2.75) is 31.8 Å². The number of aliphatic hydroxyl groups is 1. The van der Waals surface area contributed by atoms with Crippen molar-refractivity contribution in [1.29, 1.82) is 0 Å². The zero-order chi connectivity index (χ0) is 32.6. The van der Waals surface area contributed by atoms with E-state index in [-0.39, 0.29) is 44.0 Å². The molecule has 4 aromatic rings. The van der Waals surface area contributed by atoms with Gasteiger partial charge in [-0.2, -0.15) is 0 Å². The average molecular weight is 623 g/mol. The minimum atomic E-state index is -1.01. The number of amides is 2. The molecule has 0 bridgehead atoms. The second kappa shape index (κ2) is 14.8. The molecule has 4 aromatic carbocycles. The van der Waals surface area contributed by atoms with Gasteiger partial charge in [0.1, 0.15) is 11.5 Å². The topological polar surface area (TPSA) is 117 Å². The third-order valence-corrected chi connectivity index (χ3v) is 8.45. The molecule has 0 aliphatic carbocycles. The van der Waals surface area contributed by atoms with Crippen molar-refractivity contribution >= 4 is 17.8 Å². The Balaban J connectivity index is 1.47. The first-order valence-corrected chi connectivity index (χ1v) is 15.2. The van der Waals surface area contributed by atoms with Gasteiger partial charge in [-0.1, -0.05) is 60.7 Å². The molecule has 1 atom stereocenters. The number of carbonyl (C=O) groups is 3. The van der Waals surface area contributed by atoms with E-state index in [1.807, 2.05) is 48.5 Å². The molecule has 9 nitrogen and oxygen atoms in total. The number of nitrogens with zero attached hydrogens (tertiary/aromatic N) is 2. The molecule has 9 heteroatoms. The Bertz CT molecular complexity index is 1720. The molecule has 238 valence electrons. The van der Waals surface area contributed by atoms with Gasteiger partial charge in [0.25, 0.3) is 11.8 Å². The van der Waals surface area contributed by atoms with Crippen LogP contribution in [0, 0.1) is 0 Å². The quantitative estimate of drug-likeness (QED) is 0.226. The van der Waals surface area contributed by atoms with E-state index in [9.17, 15) is 24.6 Å². The van der Waals surface area contributed by atoms with Gasteiger partial charge in [0.05, 0.1) is 33.3 Å². The number of carboxylic acid groups (broad SMARTS) is 1. The summed E-state index contributed by atoms with van der Waals surface area (Å²) in [5.74, 6) is -0.310. The van der Waals surface area contributed by atoms with Gasteiger partial charge in [-0.25, -0.2) is 0 Å². The Labute approximate surface area is 268 Å². The van der Waals surface area contributed by atoms with Crippen LogP contribution < -0.4 is 9.47 Å². The van der Waals surface area contributed by atoms with Gasteiger partial charge in [0, 0.05) is 30.8 Å². The third kappa shape index (κ3) is 7.05. The summed E-state index contributed by atoms with van der Waals surface area (Å²) in [5, 5.41) is 19.7. The lowest BCUT2D eigenvalue weighted by Crippen LogP contribution is -2.46. The third-order valence-electron chi connectivity index (χ3n) is 8.45. The molecular weight excluding hydrogens is 584 g/mol. The lowest BCUT2D eigenvalue weighted by atomic mass is 9.91. The number of hydrogen-bond acceptors (Lipinski definition) is 6. The van der Waals surface area contributed by atoms with Crippen LogP contribution in [0.1, 0.15) is 43.8 Å². The number of methoxy groups -OCH3 is 2. The second-order valence-electron chi connectivity index (χ2n) is 11.2. The lowest BCUT2D eigenvalue weighted by Gasteiger charge is -2.36. The maximum atomic E-state index is 14.2. The monoisotopic (exact) mass is 622 g/mol. The second-order valence-corrected chi connectivity index (χ2v) is 11.2. The maximum Gasteiger partial charge on any atom is 0.305 e. The standard InChI is InChI=1S/C37H38N2O7/c1-45-29-15-16-34(46-2)26(22-29)17-19-38(20-18-35(41)42)36(43)32-13-7-5-11-30(32)31-12-6-8-14-33(31)37(44)39-23-27-10-4-3-9-25(27)21-28(39)24-40/h3-16,22,28,40H,17-21,23-24H2,1-2H3,(H,41,42)/t28-/m0/s1. The zero-order valence-corrected chi connectivity index (χ0v) is 26.0. The first-order valence-electron chi connectivity index (χ1n) is 15.2. The van der Waals surface area contributed by atoms with Crippen LogP contribution in [0.5, 0.6) is 11.5 Å². The summed E-state index contributed by atoms with van der Waals surface area (Å²) < 4.78 is 10.9. The van der Waals surface area contributed by atoms with Crippen LogP contribution in [0.25, 0.3) is 11.1 Å². The van der Waals surface area contributed by atoms with E-state index >= 15 is 0 Å². The molecule has 0 fully saturated rings. The molecule has 0 unspecified atom stereocenters. The molecule has 5 rings (SSSR count). The van der Waals surface area contributed by atoms with Crippen molar-refractivity contribution in [3.8, 4) is 22.6 Å². The van der Waals surface area contributed by atoms with Gasteiger partial charge in [-0.3, -0.25) is 14.4 Å². The first kappa shape index (κ1) is 32.2. The van der Waals surface area contributed by atoms with Crippen molar-refractivity contribution < 1.29 is 34.1 Å². The summed E-state index contributed by atoms with van der Waals surface area (Å²) in [4.78, 5) is 43.2. The molecule has 46 heavy (non-hydrogen) atoms. The highest BCUT2D eigenvalue weighted by atomic mass is 16.5. The average Bonchev–Trinajstić information content (AvgIpc) is 3.10. The fourth-order valence-electron chi connectivity index (χ4n) is 6.00. The molecule has 0 aromatic heterocycles. The van der Waals surface area contributed by atoms with Crippen LogP contribution in [0.15, 0.2) is 91.0 Å². The Morgan fingerprint density at radius 2 is 1.48 bits per heavy atom. The predicted octanol–water partition coefficient (Wildman–Crippen LogP) is 5.09. The summed E-state index contributed by atoms with van der Waals surface area (Å²) in [6, 6.07) is 27.2. The highest BCUT2D eigenvalue weighted by molar-refractivity contribution is 6.06. The van der Waals surface area contributed by atoms with Crippen molar-refractivity contribution in [2.24, 2.45) is 0 Å². The predicted molar refractivity (Wildman–Crippen MR) is 174 cm³/mol. The number of ether oxygens (including phenoxy) is 2. The van der Waals surface area contributed by atoms with E-state index in [2.05, 4.69) is 0 Å². The van der Waals surface area contributed by atoms with Crippen molar-refractivity contribution in [3.63, 3.8) is 0 Å². The van der Waals surface area contributed by atoms with Gasteiger partial charge < -0.3 is 29.5 Å². The van der Waals surface area contributed by atoms with Crippen molar-refractivity contribution in [3.05, 3.63) is 119 Å². The molecule has 0 saturated carbocycles. The van der Waals surface area contributed by atoms with Gasteiger partial charge in [-0.15, -0.1) is 0 Å². The van der Waals surface area contributed by atoms with E-state index < -0.39 is 5.97 Å². The minimum absolute atomic E-state index is 0.000723. The fraction of sp³-hybridized carbons (Fsp3) is 0.270. The zero-order valence-electron chi connectivity index (χ0n) is 26.0. The molecule has 0 radical (unpaired) electrons. The Morgan fingerprint density at radius 3 is 2.15 bits per heavy atom. The van der Waals surface area contributed by atoms with Crippen molar-refractivity contribution in [2.75, 3.05) is 33.9 Å². The fourth-order valence-corrected chi connectivity index (χ4v) is 6.00. The number of carboxylic acids is 1. The van der Waals surface area contributed by atoms with E-state index in [4.69, 9.17) is 9.47 Å². The van der Waals surface area contributed by atoms with Gasteiger partial charge in [0.2, 0.25) is 0 Å². The highest BCUT2D eigenvalue weighted by Gasteiger charge is 2.31. The summed E-state index contributed by atoms with van der Waals surface area (Å²) in [6.07, 6.45) is 0.728. The Hall–Kier alpha value is -5.15. The maximum absolute atomic E-state index is 14.2. The molecule has 0 spiro atoms. The summed E-state index contributed by atoms with van der Waals surface area (Å²) in [5.41, 5.74) is 4.89. The van der Waals surface area contributed by atoms with Gasteiger partial charge in [0.15, 0.2) is 0 Å². The summed E-state index contributed by atoms with van der Waals surface area (Å²) in [7, 11) is 3.14.